The van der Waals surface area contributed by atoms with Crippen LogP contribution in [0.5, 0.6) is 11.5 Å². The van der Waals surface area contributed by atoms with E-state index in [1.54, 1.807) is 25.3 Å². The molecule has 24 heavy (non-hydrogen) atoms. The second-order valence-electron chi connectivity index (χ2n) is 6.80. The SMILES string of the molecule is COc1cc(C(=O)NC(C)(CN)C(C)C)ccc1OCC(C)C.Cl. The van der Waals surface area contributed by atoms with E-state index in [0.29, 0.717) is 36.1 Å². The number of nitrogens with one attached hydrogen (secondary N) is 1. The highest BCUT2D eigenvalue weighted by molar-refractivity contribution is 5.95. The lowest BCUT2D eigenvalue weighted by molar-refractivity contribution is 0.0882. The molecular weight excluding hydrogens is 328 g/mol. The maximum Gasteiger partial charge on any atom is 0.251 e. The Hall–Kier alpha value is -1.46. The lowest BCUT2D eigenvalue weighted by Crippen LogP contribution is -2.55. The maximum atomic E-state index is 12.5. The van der Waals surface area contributed by atoms with E-state index in [1.165, 1.54) is 0 Å². The van der Waals surface area contributed by atoms with Crippen molar-refractivity contribution in [2.45, 2.75) is 40.2 Å². The second kappa shape index (κ2) is 9.74. The minimum Gasteiger partial charge on any atom is -0.493 e. The second-order valence-corrected chi connectivity index (χ2v) is 6.80. The van der Waals surface area contributed by atoms with E-state index in [1.807, 2.05) is 20.8 Å². The van der Waals surface area contributed by atoms with E-state index in [-0.39, 0.29) is 24.2 Å². The predicted octanol–water partition coefficient (Wildman–Crippen LogP) is 3.26. The van der Waals surface area contributed by atoms with Gasteiger partial charge in [0.05, 0.1) is 19.3 Å². The number of hydrogen-bond donors (Lipinski definition) is 2. The summed E-state index contributed by atoms with van der Waals surface area (Å²) < 4.78 is 11.1. The van der Waals surface area contributed by atoms with Crippen LogP contribution in [0.25, 0.3) is 0 Å². The summed E-state index contributed by atoms with van der Waals surface area (Å²) in [5.74, 6) is 1.67. The topological polar surface area (TPSA) is 73.6 Å². The van der Waals surface area contributed by atoms with Gasteiger partial charge in [-0.15, -0.1) is 12.4 Å². The molecule has 6 heteroatoms. The number of rotatable bonds is 8. The molecule has 1 rings (SSSR count). The quantitative estimate of drug-likeness (QED) is 0.748. The Morgan fingerprint density at radius 3 is 2.33 bits per heavy atom. The van der Waals surface area contributed by atoms with Gasteiger partial charge >= 0.3 is 0 Å². The molecule has 0 aliphatic carbocycles. The Labute approximate surface area is 151 Å². The third-order valence-corrected chi connectivity index (χ3v) is 4.10. The first-order valence-electron chi connectivity index (χ1n) is 8.07. The Morgan fingerprint density at radius 1 is 1.25 bits per heavy atom. The normalized spacial score (nSPS) is 13.2. The highest BCUT2D eigenvalue weighted by atomic mass is 35.5. The van der Waals surface area contributed by atoms with Crippen molar-refractivity contribution in [3.05, 3.63) is 23.8 Å². The molecule has 5 nitrogen and oxygen atoms in total. The molecule has 1 amide bonds. The number of carbonyl (C=O) groups is 1. The van der Waals surface area contributed by atoms with Gasteiger partial charge in [0.1, 0.15) is 0 Å². The van der Waals surface area contributed by atoms with E-state index in [9.17, 15) is 4.79 Å². The molecule has 138 valence electrons. The van der Waals surface area contributed by atoms with Gasteiger partial charge in [-0.2, -0.15) is 0 Å². The zero-order valence-electron chi connectivity index (χ0n) is 15.5. The highest BCUT2D eigenvalue weighted by Crippen LogP contribution is 2.29. The molecule has 1 aromatic rings. The molecule has 0 heterocycles. The molecule has 1 unspecified atom stereocenters. The van der Waals surface area contributed by atoms with E-state index >= 15 is 0 Å². The van der Waals surface area contributed by atoms with Crippen molar-refractivity contribution < 1.29 is 14.3 Å². The van der Waals surface area contributed by atoms with Crippen LogP contribution in [-0.2, 0) is 0 Å². The smallest absolute Gasteiger partial charge is 0.251 e. The summed E-state index contributed by atoms with van der Waals surface area (Å²) in [5.41, 5.74) is 5.90. The van der Waals surface area contributed by atoms with Crippen LogP contribution < -0.4 is 20.5 Å². The van der Waals surface area contributed by atoms with Crippen LogP contribution in [0.4, 0.5) is 0 Å². The molecule has 0 aliphatic rings. The zero-order chi connectivity index (χ0) is 17.6. The Bertz CT molecular complexity index is 535. The van der Waals surface area contributed by atoms with Gasteiger partial charge in [0.15, 0.2) is 11.5 Å². The summed E-state index contributed by atoms with van der Waals surface area (Å²) in [6.07, 6.45) is 0. The number of hydrogen-bond acceptors (Lipinski definition) is 4. The van der Waals surface area contributed by atoms with E-state index < -0.39 is 5.54 Å². The van der Waals surface area contributed by atoms with Gasteiger partial charge in [-0.1, -0.05) is 27.7 Å². The average Bonchev–Trinajstić information content (AvgIpc) is 2.52. The zero-order valence-corrected chi connectivity index (χ0v) is 16.3. The van der Waals surface area contributed by atoms with Crippen molar-refractivity contribution in [3.8, 4) is 11.5 Å². The first-order chi connectivity index (χ1) is 10.7. The van der Waals surface area contributed by atoms with Crippen molar-refractivity contribution in [1.82, 2.24) is 5.32 Å². The van der Waals surface area contributed by atoms with Gasteiger partial charge in [0.2, 0.25) is 0 Å². The molecule has 3 N–H and O–H groups in total. The molecule has 1 aromatic carbocycles. The van der Waals surface area contributed by atoms with Crippen LogP contribution in [0.3, 0.4) is 0 Å². The van der Waals surface area contributed by atoms with Crippen molar-refractivity contribution in [3.63, 3.8) is 0 Å². The summed E-state index contributed by atoms with van der Waals surface area (Å²) in [6.45, 7) is 11.2. The summed E-state index contributed by atoms with van der Waals surface area (Å²) >= 11 is 0. The number of benzene rings is 1. The highest BCUT2D eigenvalue weighted by Gasteiger charge is 2.29. The summed E-state index contributed by atoms with van der Waals surface area (Å²) in [4.78, 5) is 12.5. The fourth-order valence-electron chi connectivity index (χ4n) is 1.95. The molecule has 1 atom stereocenters. The third-order valence-electron chi connectivity index (χ3n) is 4.10. The standard InChI is InChI=1S/C18H30N2O3.ClH/c1-12(2)10-23-15-8-7-14(9-16(15)22-6)17(21)20-18(5,11-19)13(3)4;/h7-9,12-13H,10-11,19H2,1-6H3,(H,20,21);1H. The van der Waals surface area contributed by atoms with Crippen LogP contribution in [0, 0.1) is 11.8 Å². The van der Waals surface area contributed by atoms with E-state index in [0.717, 1.165) is 0 Å². The lowest BCUT2D eigenvalue weighted by atomic mass is 9.88. The van der Waals surface area contributed by atoms with Gasteiger partial charge < -0.3 is 20.5 Å². The average molecular weight is 359 g/mol. The number of ether oxygens (including phenoxy) is 2. The summed E-state index contributed by atoms with van der Waals surface area (Å²) in [6, 6.07) is 5.21. The van der Waals surface area contributed by atoms with E-state index in [2.05, 4.69) is 19.2 Å². The molecule has 0 spiro atoms. The van der Waals surface area contributed by atoms with Gasteiger partial charge in [-0.3, -0.25) is 4.79 Å². The maximum absolute atomic E-state index is 12.5. The van der Waals surface area contributed by atoms with Crippen LogP contribution in [0.15, 0.2) is 18.2 Å². The molecule has 0 bridgehead atoms. The molecular formula is C18H31ClN2O3. The number of methoxy groups -OCH3 is 1. The molecule has 0 saturated heterocycles. The number of nitrogens with two attached hydrogens (primary N) is 1. The summed E-state index contributed by atoms with van der Waals surface area (Å²) in [7, 11) is 1.57. The molecule has 0 aromatic heterocycles. The van der Waals surface area contributed by atoms with E-state index in [4.69, 9.17) is 15.2 Å². The first-order valence-corrected chi connectivity index (χ1v) is 8.07. The van der Waals surface area contributed by atoms with Crippen LogP contribution in [0.1, 0.15) is 45.0 Å². The van der Waals surface area contributed by atoms with Crippen molar-refractivity contribution in [1.29, 1.82) is 0 Å². The largest absolute Gasteiger partial charge is 0.493 e. The van der Waals surface area contributed by atoms with Crippen LogP contribution in [-0.4, -0.2) is 31.7 Å². The summed E-state index contributed by atoms with van der Waals surface area (Å²) in [5, 5.41) is 3.02. The molecule has 0 saturated carbocycles. The number of amides is 1. The van der Waals surface area contributed by atoms with Gasteiger partial charge in [0, 0.05) is 12.1 Å². The van der Waals surface area contributed by atoms with Crippen molar-refractivity contribution >= 4 is 18.3 Å². The minimum atomic E-state index is -0.447. The molecule has 0 fully saturated rings. The fraction of sp³-hybridized carbons (Fsp3) is 0.611. The third kappa shape index (κ3) is 5.87. The van der Waals surface area contributed by atoms with Crippen molar-refractivity contribution in [2.24, 2.45) is 17.6 Å². The predicted molar refractivity (Wildman–Crippen MR) is 100 cm³/mol. The Kier molecular flexibility index (Phi) is 9.15. The molecule has 0 radical (unpaired) electrons. The van der Waals surface area contributed by atoms with Crippen LogP contribution >= 0.6 is 12.4 Å². The number of carbonyl (C=O) groups excluding carboxylic acids is 1. The van der Waals surface area contributed by atoms with Gasteiger partial charge in [-0.25, -0.2) is 0 Å². The Morgan fingerprint density at radius 2 is 1.88 bits per heavy atom. The van der Waals surface area contributed by atoms with Gasteiger partial charge in [-0.05, 0) is 37.0 Å². The van der Waals surface area contributed by atoms with Gasteiger partial charge in [0.25, 0.3) is 5.91 Å². The molecule has 0 aliphatic heterocycles. The lowest BCUT2D eigenvalue weighted by Gasteiger charge is -2.33. The number of halogens is 1. The Balaban J connectivity index is 0.00000529. The minimum absolute atomic E-state index is 0. The van der Waals surface area contributed by atoms with Crippen LogP contribution in [0.2, 0.25) is 0 Å². The van der Waals surface area contributed by atoms with Crippen molar-refractivity contribution in [2.75, 3.05) is 20.3 Å². The fourth-order valence-corrected chi connectivity index (χ4v) is 1.95. The first kappa shape index (κ1) is 22.5. The monoisotopic (exact) mass is 358 g/mol.